The van der Waals surface area contributed by atoms with Crippen LogP contribution in [0.2, 0.25) is 0 Å². The smallest absolute Gasteiger partial charge is 0.347 e. The standard InChI is InChI=1S/C19H20FNO6S/c1-12(18(22)14-4-8-16(9-5-14)21-28(3,24)25)27-19(23)13(2)26-17-10-6-15(20)7-11-17/h4-13,21H,1-3H3/t12-,13+/m1/s1. The largest absolute Gasteiger partial charge is 0.479 e. The molecule has 0 spiro atoms. The van der Waals surface area contributed by atoms with E-state index in [4.69, 9.17) is 9.47 Å². The number of carbonyl (C=O) groups excluding carboxylic acids is 2. The number of Topliss-reactive ketones (excluding diaryl/α,β-unsaturated/α-hetero) is 1. The molecule has 2 aromatic carbocycles. The number of ketones is 1. The van der Waals surface area contributed by atoms with E-state index in [1.54, 1.807) is 0 Å². The van der Waals surface area contributed by atoms with Crippen LogP contribution in [0.1, 0.15) is 24.2 Å². The van der Waals surface area contributed by atoms with Crippen LogP contribution < -0.4 is 9.46 Å². The van der Waals surface area contributed by atoms with E-state index < -0.39 is 39.8 Å². The molecule has 0 radical (unpaired) electrons. The van der Waals surface area contributed by atoms with Gasteiger partial charge in [0, 0.05) is 11.3 Å². The summed E-state index contributed by atoms with van der Waals surface area (Å²) in [6.45, 7) is 2.88. The van der Waals surface area contributed by atoms with E-state index in [-0.39, 0.29) is 5.56 Å². The van der Waals surface area contributed by atoms with Gasteiger partial charge in [-0.05, 0) is 62.4 Å². The van der Waals surface area contributed by atoms with Crippen molar-refractivity contribution >= 4 is 27.5 Å². The van der Waals surface area contributed by atoms with Crippen molar-refractivity contribution in [3.05, 3.63) is 59.9 Å². The third-order valence-electron chi connectivity index (χ3n) is 3.59. The van der Waals surface area contributed by atoms with Gasteiger partial charge in [-0.2, -0.15) is 0 Å². The summed E-state index contributed by atoms with van der Waals surface area (Å²) < 4.78 is 48.1. The first kappa shape index (κ1) is 21.4. The molecule has 9 heteroatoms. The number of hydrogen-bond acceptors (Lipinski definition) is 6. The molecule has 0 saturated heterocycles. The number of esters is 1. The van der Waals surface area contributed by atoms with Crippen LogP contribution in [-0.4, -0.2) is 38.6 Å². The number of hydrogen-bond donors (Lipinski definition) is 1. The maximum atomic E-state index is 12.9. The number of sulfonamides is 1. The topological polar surface area (TPSA) is 98.8 Å². The molecule has 0 heterocycles. The first-order chi connectivity index (χ1) is 13.0. The van der Waals surface area contributed by atoms with E-state index in [0.29, 0.717) is 11.4 Å². The third kappa shape index (κ3) is 6.34. The van der Waals surface area contributed by atoms with Gasteiger partial charge < -0.3 is 9.47 Å². The van der Waals surface area contributed by atoms with Gasteiger partial charge in [0.1, 0.15) is 11.6 Å². The highest BCUT2D eigenvalue weighted by atomic mass is 32.2. The van der Waals surface area contributed by atoms with Crippen LogP contribution in [0.4, 0.5) is 10.1 Å². The molecule has 1 N–H and O–H groups in total. The van der Waals surface area contributed by atoms with Crippen molar-refractivity contribution in [2.24, 2.45) is 0 Å². The summed E-state index contributed by atoms with van der Waals surface area (Å²) >= 11 is 0. The average molecular weight is 409 g/mol. The summed E-state index contributed by atoms with van der Waals surface area (Å²) in [5.41, 5.74) is 0.566. The van der Waals surface area contributed by atoms with Crippen LogP contribution in [0.25, 0.3) is 0 Å². The van der Waals surface area contributed by atoms with E-state index in [0.717, 1.165) is 6.26 Å². The second kappa shape index (κ2) is 8.83. The molecule has 0 aromatic heterocycles. The average Bonchev–Trinajstić information content (AvgIpc) is 2.62. The monoisotopic (exact) mass is 409 g/mol. The molecular formula is C19H20FNO6S. The van der Waals surface area contributed by atoms with Crippen LogP contribution in [0.15, 0.2) is 48.5 Å². The molecule has 28 heavy (non-hydrogen) atoms. The summed E-state index contributed by atoms with van der Waals surface area (Å²) in [5, 5.41) is 0. The zero-order valence-electron chi connectivity index (χ0n) is 15.5. The molecule has 0 bridgehead atoms. The zero-order valence-corrected chi connectivity index (χ0v) is 16.3. The van der Waals surface area contributed by atoms with Crippen LogP contribution in [-0.2, 0) is 19.6 Å². The number of halogens is 1. The van der Waals surface area contributed by atoms with Crippen LogP contribution >= 0.6 is 0 Å². The number of anilines is 1. The van der Waals surface area contributed by atoms with Gasteiger partial charge in [-0.1, -0.05) is 0 Å². The lowest BCUT2D eigenvalue weighted by Gasteiger charge is -2.17. The molecular weight excluding hydrogens is 389 g/mol. The highest BCUT2D eigenvalue weighted by molar-refractivity contribution is 7.92. The van der Waals surface area contributed by atoms with Crippen molar-refractivity contribution in [3.8, 4) is 5.75 Å². The summed E-state index contributed by atoms with van der Waals surface area (Å²) in [5.74, 6) is -1.34. The maximum Gasteiger partial charge on any atom is 0.347 e. The Labute approximate surface area is 162 Å². The number of carbonyl (C=O) groups is 2. The molecule has 0 amide bonds. The molecule has 0 fully saturated rings. The SMILES string of the molecule is C[C@H](Oc1ccc(F)cc1)C(=O)O[C@H](C)C(=O)c1ccc(NS(C)(=O)=O)cc1. The Balaban J connectivity index is 1.95. The highest BCUT2D eigenvalue weighted by Gasteiger charge is 2.24. The minimum Gasteiger partial charge on any atom is -0.479 e. The van der Waals surface area contributed by atoms with Crippen molar-refractivity contribution in [1.82, 2.24) is 0 Å². The van der Waals surface area contributed by atoms with Crippen LogP contribution in [0, 0.1) is 5.82 Å². The zero-order chi connectivity index (χ0) is 20.9. The molecule has 0 saturated carbocycles. The molecule has 0 aliphatic heterocycles. The molecule has 2 aromatic rings. The second-order valence-electron chi connectivity index (χ2n) is 6.11. The number of nitrogens with one attached hydrogen (secondary N) is 1. The van der Waals surface area contributed by atoms with Gasteiger partial charge in [-0.15, -0.1) is 0 Å². The van der Waals surface area contributed by atoms with Gasteiger partial charge in [0.15, 0.2) is 12.2 Å². The fourth-order valence-electron chi connectivity index (χ4n) is 2.24. The van der Waals surface area contributed by atoms with Crippen molar-refractivity contribution in [3.63, 3.8) is 0 Å². The van der Waals surface area contributed by atoms with Gasteiger partial charge in [-0.25, -0.2) is 17.6 Å². The summed E-state index contributed by atoms with van der Waals surface area (Å²) in [6, 6.07) is 10.9. The Bertz CT molecular complexity index is 941. The Morgan fingerprint density at radius 2 is 1.54 bits per heavy atom. The number of ether oxygens (including phenoxy) is 2. The first-order valence-electron chi connectivity index (χ1n) is 8.30. The molecule has 2 atom stereocenters. The molecule has 2 rings (SSSR count). The molecule has 7 nitrogen and oxygen atoms in total. The predicted molar refractivity (Wildman–Crippen MR) is 101 cm³/mol. The number of benzene rings is 2. The van der Waals surface area contributed by atoms with Crippen molar-refractivity contribution in [2.75, 3.05) is 11.0 Å². The van der Waals surface area contributed by atoms with E-state index in [1.807, 2.05) is 0 Å². The number of rotatable bonds is 8. The Morgan fingerprint density at radius 3 is 2.07 bits per heavy atom. The fourth-order valence-corrected chi connectivity index (χ4v) is 2.80. The predicted octanol–water partition coefficient (Wildman–Crippen LogP) is 2.78. The quantitative estimate of drug-likeness (QED) is 0.532. The van der Waals surface area contributed by atoms with Gasteiger partial charge in [-0.3, -0.25) is 9.52 Å². The lowest BCUT2D eigenvalue weighted by Crippen LogP contribution is -2.32. The van der Waals surface area contributed by atoms with E-state index in [2.05, 4.69) is 4.72 Å². The van der Waals surface area contributed by atoms with Crippen LogP contribution in [0.5, 0.6) is 5.75 Å². The van der Waals surface area contributed by atoms with E-state index in [9.17, 15) is 22.4 Å². The third-order valence-corrected chi connectivity index (χ3v) is 4.20. The second-order valence-corrected chi connectivity index (χ2v) is 7.86. The Morgan fingerprint density at radius 1 is 0.964 bits per heavy atom. The van der Waals surface area contributed by atoms with E-state index >= 15 is 0 Å². The summed E-state index contributed by atoms with van der Waals surface area (Å²) in [6.07, 6.45) is -1.05. The molecule has 150 valence electrons. The Kier molecular flexibility index (Phi) is 6.74. The molecule has 0 aliphatic rings. The minimum atomic E-state index is -3.42. The van der Waals surface area contributed by atoms with Gasteiger partial charge in [0.05, 0.1) is 6.26 Å². The van der Waals surface area contributed by atoms with Crippen molar-refractivity contribution < 1.29 is 31.9 Å². The van der Waals surface area contributed by atoms with Crippen LogP contribution in [0.3, 0.4) is 0 Å². The lowest BCUT2D eigenvalue weighted by atomic mass is 10.1. The van der Waals surface area contributed by atoms with Crippen molar-refractivity contribution in [1.29, 1.82) is 0 Å². The van der Waals surface area contributed by atoms with Gasteiger partial charge in [0.2, 0.25) is 15.8 Å². The molecule has 0 unspecified atom stereocenters. The summed E-state index contributed by atoms with van der Waals surface area (Å²) in [7, 11) is -3.42. The Hall–Kier alpha value is -2.94. The normalized spacial score (nSPS) is 13.3. The molecule has 0 aliphatic carbocycles. The minimum absolute atomic E-state index is 0.256. The highest BCUT2D eigenvalue weighted by Crippen LogP contribution is 2.16. The maximum absolute atomic E-state index is 12.9. The summed E-state index contributed by atoms with van der Waals surface area (Å²) in [4.78, 5) is 24.5. The van der Waals surface area contributed by atoms with Gasteiger partial charge in [0.25, 0.3) is 0 Å². The van der Waals surface area contributed by atoms with E-state index in [1.165, 1.54) is 62.4 Å². The first-order valence-corrected chi connectivity index (χ1v) is 10.2. The fraction of sp³-hybridized carbons (Fsp3) is 0.263. The lowest BCUT2D eigenvalue weighted by molar-refractivity contribution is -0.153. The van der Waals surface area contributed by atoms with Gasteiger partial charge >= 0.3 is 5.97 Å². The van der Waals surface area contributed by atoms with Crippen molar-refractivity contribution in [2.45, 2.75) is 26.1 Å².